The van der Waals surface area contributed by atoms with E-state index in [2.05, 4.69) is 5.32 Å². The number of esters is 2. The molecule has 0 aliphatic carbocycles. The van der Waals surface area contributed by atoms with Crippen LogP contribution in [0, 0.1) is 10.1 Å². The zero-order valence-corrected chi connectivity index (χ0v) is 22.4. The quantitative estimate of drug-likeness (QED) is 0.165. The first-order chi connectivity index (χ1) is 18.8. The van der Waals surface area contributed by atoms with Gasteiger partial charge >= 0.3 is 11.9 Å². The van der Waals surface area contributed by atoms with Gasteiger partial charge in [-0.25, -0.2) is 9.59 Å². The maximum Gasteiger partial charge on any atom is 0.336 e. The van der Waals surface area contributed by atoms with Gasteiger partial charge < -0.3 is 24.6 Å². The van der Waals surface area contributed by atoms with Gasteiger partial charge in [0.05, 0.1) is 42.3 Å². The number of non-ortho nitro benzene ring substituents is 1. The lowest BCUT2D eigenvalue weighted by molar-refractivity contribution is -0.384. The molecule has 0 spiro atoms. The van der Waals surface area contributed by atoms with Crippen LogP contribution in [0.1, 0.15) is 50.2 Å². The van der Waals surface area contributed by atoms with Crippen molar-refractivity contribution in [2.75, 3.05) is 26.9 Å². The van der Waals surface area contributed by atoms with Gasteiger partial charge in [0.2, 0.25) is 0 Å². The van der Waals surface area contributed by atoms with Gasteiger partial charge in [0, 0.05) is 36.6 Å². The second kappa shape index (κ2) is 14.1. The first-order valence-electron chi connectivity index (χ1n) is 12.8. The lowest BCUT2D eigenvalue weighted by Gasteiger charge is -2.31. The van der Waals surface area contributed by atoms with Gasteiger partial charge in [0.15, 0.2) is 0 Å². The molecule has 10 heteroatoms. The molecule has 0 aromatic heterocycles. The summed E-state index contributed by atoms with van der Waals surface area (Å²) in [6, 6.07) is 13.5. The Morgan fingerprint density at radius 3 is 2.44 bits per heavy atom. The average Bonchev–Trinajstić information content (AvgIpc) is 2.95. The van der Waals surface area contributed by atoms with E-state index in [1.807, 2.05) is 31.2 Å². The topological polar surface area (TPSA) is 137 Å². The number of benzene rings is 2. The van der Waals surface area contributed by atoms with Gasteiger partial charge in [0.25, 0.3) is 5.69 Å². The Morgan fingerprint density at radius 2 is 1.79 bits per heavy atom. The van der Waals surface area contributed by atoms with Crippen molar-refractivity contribution in [3.05, 3.63) is 92.3 Å². The summed E-state index contributed by atoms with van der Waals surface area (Å²) in [4.78, 5) is 37.1. The van der Waals surface area contributed by atoms with Crippen LogP contribution >= 0.6 is 0 Å². The number of aliphatic hydroxyl groups excluding tert-OH is 1. The highest BCUT2D eigenvalue weighted by molar-refractivity contribution is 6.00. The third-order valence-corrected chi connectivity index (χ3v) is 6.38. The van der Waals surface area contributed by atoms with Crippen LogP contribution in [0.15, 0.2) is 71.1 Å². The van der Waals surface area contributed by atoms with Gasteiger partial charge in [-0.05, 0) is 49.4 Å². The number of aliphatic hydroxyl groups is 1. The number of carbonyl (C=O) groups is 2. The number of dihydropyridines is 1. The van der Waals surface area contributed by atoms with E-state index in [0.29, 0.717) is 48.6 Å². The van der Waals surface area contributed by atoms with Gasteiger partial charge in [0.1, 0.15) is 5.75 Å². The second-order valence-corrected chi connectivity index (χ2v) is 9.00. The van der Waals surface area contributed by atoms with E-state index in [1.54, 1.807) is 13.0 Å². The highest BCUT2D eigenvalue weighted by Gasteiger charge is 2.38. The number of aryl methyl sites for hydroxylation is 1. The van der Waals surface area contributed by atoms with Crippen molar-refractivity contribution in [3.63, 3.8) is 0 Å². The molecule has 0 radical (unpaired) electrons. The second-order valence-electron chi connectivity index (χ2n) is 9.00. The van der Waals surface area contributed by atoms with Crippen LogP contribution in [0.2, 0.25) is 0 Å². The van der Waals surface area contributed by atoms with Crippen LogP contribution in [0.4, 0.5) is 5.69 Å². The van der Waals surface area contributed by atoms with Gasteiger partial charge in [-0.15, -0.1) is 0 Å². The van der Waals surface area contributed by atoms with E-state index in [9.17, 15) is 19.7 Å². The fourth-order valence-electron chi connectivity index (χ4n) is 4.48. The van der Waals surface area contributed by atoms with E-state index in [4.69, 9.17) is 19.3 Å². The average molecular weight is 539 g/mol. The van der Waals surface area contributed by atoms with Crippen LogP contribution in [0.25, 0.3) is 0 Å². The molecule has 39 heavy (non-hydrogen) atoms. The van der Waals surface area contributed by atoms with Crippen LogP contribution in [0.3, 0.4) is 0 Å². The molecular weight excluding hydrogens is 504 g/mol. The van der Waals surface area contributed by atoms with Crippen LogP contribution in [0.5, 0.6) is 5.75 Å². The summed E-state index contributed by atoms with van der Waals surface area (Å²) in [5.41, 5.74) is 2.84. The normalized spacial score (nSPS) is 15.0. The summed E-state index contributed by atoms with van der Waals surface area (Å²) in [6.07, 6.45) is 2.38. The number of ether oxygens (including phenoxy) is 3. The molecule has 2 aromatic rings. The number of carbonyl (C=O) groups excluding carboxylic acids is 2. The number of allylic oxidation sites excluding steroid dienone is 2. The Kier molecular flexibility index (Phi) is 10.6. The van der Waals surface area contributed by atoms with E-state index in [0.717, 1.165) is 12.0 Å². The first kappa shape index (κ1) is 29.4. The monoisotopic (exact) mass is 538 g/mol. The maximum absolute atomic E-state index is 13.3. The Labute approximate surface area is 227 Å². The molecule has 3 rings (SSSR count). The minimum atomic E-state index is -0.901. The first-order valence-corrected chi connectivity index (χ1v) is 12.8. The van der Waals surface area contributed by atoms with E-state index in [1.165, 1.54) is 25.3 Å². The van der Waals surface area contributed by atoms with Crippen molar-refractivity contribution in [2.45, 2.75) is 45.4 Å². The number of nitrogens with one attached hydrogen (secondary N) is 1. The summed E-state index contributed by atoms with van der Waals surface area (Å²) in [5.74, 6) is -1.48. The standard InChI is InChI=1S/C29H34N2O8/c1-4-24-27(28(33)37-3)26(21-9-5-10-22(18-21)31(35)36)25(19(2)30-24)29(34)39-17-7-16-38-23-13-11-20(12-14-23)8-6-15-32/h5,9-14,18,26,30,32H,4,6-8,15-17H2,1-3H3. The summed E-state index contributed by atoms with van der Waals surface area (Å²) in [6.45, 7) is 4.10. The third-order valence-electron chi connectivity index (χ3n) is 6.38. The molecule has 0 fully saturated rings. The van der Waals surface area contributed by atoms with E-state index in [-0.39, 0.29) is 30.0 Å². The largest absolute Gasteiger partial charge is 0.493 e. The predicted molar refractivity (Wildman–Crippen MR) is 144 cm³/mol. The Bertz CT molecular complexity index is 1250. The zero-order chi connectivity index (χ0) is 28.4. The molecule has 10 nitrogen and oxygen atoms in total. The third kappa shape index (κ3) is 7.44. The predicted octanol–water partition coefficient (Wildman–Crippen LogP) is 4.33. The van der Waals surface area contributed by atoms with Gasteiger partial charge in [-0.1, -0.05) is 31.2 Å². The van der Waals surface area contributed by atoms with Gasteiger partial charge in [-0.3, -0.25) is 10.1 Å². The number of nitrogens with zero attached hydrogens (tertiary/aromatic N) is 1. The fraction of sp³-hybridized carbons (Fsp3) is 0.379. The molecule has 0 amide bonds. The molecule has 1 aliphatic heterocycles. The Balaban J connectivity index is 1.73. The smallest absolute Gasteiger partial charge is 0.336 e. The molecule has 2 aromatic carbocycles. The molecule has 1 heterocycles. The molecular formula is C29H34N2O8. The summed E-state index contributed by atoms with van der Waals surface area (Å²) < 4.78 is 16.3. The van der Waals surface area contributed by atoms with Crippen molar-refractivity contribution < 1.29 is 33.8 Å². The zero-order valence-electron chi connectivity index (χ0n) is 22.4. The minimum absolute atomic E-state index is 0.0732. The number of hydrogen-bond acceptors (Lipinski definition) is 9. The number of methoxy groups -OCH3 is 1. The Hall–Kier alpha value is -4.18. The molecule has 0 bridgehead atoms. The summed E-state index contributed by atoms with van der Waals surface area (Å²) in [5, 5.41) is 23.5. The summed E-state index contributed by atoms with van der Waals surface area (Å²) in [7, 11) is 1.25. The molecule has 208 valence electrons. The number of rotatable bonds is 13. The van der Waals surface area contributed by atoms with Crippen molar-refractivity contribution >= 4 is 17.6 Å². The van der Waals surface area contributed by atoms with Crippen LogP contribution in [-0.2, 0) is 25.5 Å². The lowest BCUT2D eigenvalue weighted by Crippen LogP contribution is -2.33. The van der Waals surface area contributed by atoms with Gasteiger partial charge in [-0.2, -0.15) is 0 Å². The van der Waals surface area contributed by atoms with Crippen molar-refractivity contribution in [2.24, 2.45) is 0 Å². The number of nitro benzene ring substituents is 1. The molecule has 1 aliphatic rings. The van der Waals surface area contributed by atoms with Crippen molar-refractivity contribution in [1.82, 2.24) is 5.32 Å². The van der Waals surface area contributed by atoms with E-state index < -0.39 is 22.8 Å². The molecule has 2 N–H and O–H groups in total. The SMILES string of the molecule is CCC1=C(C(=O)OC)C(c2cccc([N+](=O)[O-])c2)C(C(=O)OCCCOc2ccc(CCCO)cc2)=C(C)N1. The van der Waals surface area contributed by atoms with Crippen LogP contribution < -0.4 is 10.1 Å². The molecule has 0 saturated carbocycles. The number of nitro groups is 1. The Morgan fingerprint density at radius 1 is 1.05 bits per heavy atom. The number of hydrogen-bond donors (Lipinski definition) is 2. The summed E-state index contributed by atoms with van der Waals surface area (Å²) >= 11 is 0. The molecule has 1 unspecified atom stereocenters. The fourth-order valence-corrected chi connectivity index (χ4v) is 4.48. The lowest BCUT2D eigenvalue weighted by atomic mass is 9.79. The highest BCUT2D eigenvalue weighted by Crippen LogP contribution is 2.40. The van der Waals surface area contributed by atoms with Crippen LogP contribution in [-0.4, -0.2) is 48.9 Å². The van der Waals surface area contributed by atoms with Crippen molar-refractivity contribution in [1.29, 1.82) is 0 Å². The highest BCUT2D eigenvalue weighted by atomic mass is 16.6. The van der Waals surface area contributed by atoms with Crippen molar-refractivity contribution in [3.8, 4) is 5.75 Å². The maximum atomic E-state index is 13.3. The molecule has 0 saturated heterocycles. The molecule has 1 atom stereocenters. The minimum Gasteiger partial charge on any atom is -0.493 e. The van der Waals surface area contributed by atoms with E-state index >= 15 is 0 Å².